The summed E-state index contributed by atoms with van der Waals surface area (Å²) >= 11 is 14.4. The Labute approximate surface area is 129 Å². The normalized spacial score (nSPS) is 10.3. The molecule has 0 bridgehead atoms. The molecule has 0 radical (unpaired) electrons. The summed E-state index contributed by atoms with van der Waals surface area (Å²) in [4.78, 5) is 4.57. The highest BCUT2D eigenvalue weighted by molar-refractivity contribution is 9.10. The summed E-state index contributed by atoms with van der Waals surface area (Å²) in [7, 11) is 0. The lowest BCUT2D eigenvalue weighted by atomic mass is 10.2. The Bertz CT molecular complexity index is 649. The van der Waals surface area contributed by atoms with Crippen molar-refractivity contribution in [3.8, 4) is 11.6 Å². The van der Waals surface area contributed by atoms with Crippen molar-refractivity contribution in [2.45, 2.75) is 6.92 Å². The number of aromatic nitrogens is 1. The quantitative estimate of drug-likeness (QED) is 0.835. The Morgan fingerprint density at radius 1 is 1.37 bits per heavy atom. The molecule has 0 spiro atoms. The highest BCUT2D eigenvalue weighted by atomic mass is 79.9. The molecule has 0 saturated heterocycles. The molecule has 3 nitrogen and oxygen atoms in total. The molecule has 1 aromatic carbocycles. The first-order valence-electron chi connectivity index (χ1n) is 5.37. The number of nitrogens with two attached hydrogens (primary N) is 1. The van der Waals surface area contributed by atoms with Gasteiger partial charge in [0.05, 0.1) is 5.02 Å². The summed E-state index contributed by atoms with van der Waals surface area (Å²) in [6.07, 6.45) is 0. The van der Waals surface area contributed by atoms with Crippen LogP contribution in [0.2, 0.25) is 5.02 Å². The lowest BCUT2D eigenvalue weighted by molar-refractivity contribution is 0.461. The van der Waals surface area contributed by atoms with Crippen LogP contribution in [-0.4, -0.2) is 9.97 Å². The fourth-order valence-corrected chi connectivity index (χ4v) is 2.33. The smallest absolute Gasteiger partial charge is 0.220 e. The van der Waals surface area contributed by atoms with Crippen LogP contribution in [0.15, 0.2) is 34.8 Å². The largest absolute Gasteiger partial charge is 0.437 e. The number of benzene rings is 1. The number of pyridine rings is 1. The predicted octanol–water partition coefficient (Wildman–Crippen LogP) is 4.23. The molecule has 0 aliphatic carbocycles. The van der Waals surface area contributed by atoms with Gasteiger partial charge in [-0.3, -0.25) is 0 Å². The van der Waals surface area contributed by atoms with Gasteiger partial charge in [0.2, 0.25) is 5.88 Å². The molecule has 0 atom stereocenters. The monoisotopic (exact) mass is 356 g/mol. The van der Waals surface area contributed by atoms with Crippen molar-refractivity contribution in [2.75, 3.05) is 0 Å². The van der Waals surface area contributed by atoms with Crippen LogP contribution in [0.3, 0.4) is 0 Å². The maximum Gasteiger partial charge on any atom is 0.220 e. The molecule has 2 N–H and O–H groups in total. The standard InChI is InChI=1S/C13H10BrClN2OS/c1-7-4-8(13(16)19)5-12(17-7)18-11-3-2-9(14)6-10(11)15/h2-6H,1H3,(H2,16,19). The number of aryl methyl sites for hydroxylation is 1. The molecule has 2 aromatic rings. The van der Waals surface area contributed by atoms with E-state index >= 15 is 0 Å². The van der Waals surface area contributed by atoms with E-state index in [1.807, 2.05) is 13.0 Å². The molecule has 0 unspecified atom stereocenters. The molecule has 98 valence electrons. The molecule has 19 heavy (non-hydrogen) atoms. The van der Waals surface area contributed by atoms with E-state index in [1.54, 1.807) is 24.3 Å². The zero-order valence-electron chi connectivity index (χ0n) is 9.98. The van der Waals surface area contributed by atoms with Gasteiger partial charge in [-0.05, 0) is 31.2 Å². The molecule has 0 fully saturated rings. The summed E-state index contributed by atoms with van der Waals surface area (Å²) in [6, 6.07) is 8.84. The Kier molecular flexibility index (Phi) is 4.39. The van der Waals surface area contributed by atoms with Gasteiger partial charge in [0, 0.05) is 21.8 Å². The van der Waals surface area contributed by atoms with Crippen molar-refractivity contribution in [2.24, 2.45) is 5.73 Å². The first-order chi connectivity index (χ1) is 8.95. The lowest BCUT2D eigenvalue weighted by Crippen LogP contribution is -2.10. The Hall–Kier alpha value is -1.17. The predicted molar refractivity (Wildman–Crippen MR) is 84.1 cm³/mol. The number of thiocarbonyl (C=S) groups is 1. The molecular weight excluding hydrogens is 348 g/mol. The van der Waals surface area contributed by atoms with Crippen LogP contribution in [-0.2, 0) is 0 Å². The molecule has 2 rings (SSSR count). The SMILES string of the molecule is Cc1cc(C(N)=S)cc(Oc2ccc(Br)cc2Cl)n1. The van der Waals surface area contributed by atoms with Gasteiger partial charge in [0.15, 0.2) is 0 Å². The third-order valence-electron chi connectivity index (χ3n) is 2.32. The van der Waals surface area contributed by atoms with E-state index in [2.05, 4.69) is 20.9 Å². The van der Waals surface area contributed by atoms with E-state index in [1.165, 1.54) is 0 Å². The van der Waals surface area contributed by atoms with Crippen molar-refractivity contribution >= 4 is 44.7 Å². The van der Waals surface area contributed by atoms with E-state index in [9.17, 15) is 0 Å². The second-order valence-corrected chi connectivity index (χ2v) is 5.64. The number of halogens is 2. The zero-order valence-corrected chi connectivity index (χ0v) is 13.1. The first kappa shape index (κ1) is 14.2. The minimum Gasteiger partial charge on any atom is -0.437 e. The van der Waals surface area contributed by atoms with Crippen molar-refractivity contribution in [3.63, 3.8) is 0 Å². The van der Waals surface area contributed by atoms with E-state index in [4.69, 9.17) is 34.3 Å². The maximum absolute atomic E-state index is 6.09. The summed E-state index contributed by atoms with van der Waals surface area (Å²) < 4.78 is 6.54. The second kappa shape index (κ2) is 5.86. The van der Waals surface area contributed by atoms with Crippen LogP contribution in [0, 0.1) is 6.92 Å². The maximum atomic E-state index is 6.09. The van der Waals surface area contributed by atoms with Gasteiger partial charge >= 0.3 is 0 Å². The van der Waals surface area contributed by atoms with Crippen LogP contribution in [0.5, 0.6) is 11.6 Å². The van der Waals surface area contributed by atoms with Crippen LogP contribution in [0.1, 0.15) is 11.3 Å². The number of hydrogen-bond acceptors (Lipinski definition) is 3. The van der Waals surface area contributed by atoms with Gasteiger partial charge in [0.25, 0.3) is 0 Å². The average molecular weight is 358 g/mol. The minimum absolute atomic E-state index is 0.303. The molecular formula is C13H10BrClN2OS. The summed E-state index contributed by atoms with van der Waals surface area (Å²) in [5, 5.41) is 0.495. The zero-order chi connectivity index (χ0) is 14.0. The molecule has 0 aliphatic rings. The van der Waals surface area contributed by atoms with Gasteiger partial charge in [-0.25, -0.2) is 4.98 Å². The second-order valence-electron chi connectivity index (χ2n) is 3.88. The average Bonchev–Trinajstić information content (AvgIpc) is 2.32. The van der Waals surface area contributed by atoms with Gasteiger partial charge in [-0.15, -0.1) is 0 Å². The Morgan fingerprint density at radius 2 is 2.11 bits per heavy atom. The van der Waals surface area contributed by atoms with E-state index in [0.717, 1.165) is 10.2 Å². The fourth-order valence-electron chi connectivity index (χ4n) is 1.50. The minimum atomic E-state index is 0.303. The Morgan fingerprint density at radius 3 is 2.74 bits per heavy atom. The van der Waals surface area contributed by atoms with E-state index in [-0.39, 0.29) is 0 Å². The molecule has 1 aromatic heterocycles. The highest BCUT2D eigenvalue weighted by Crippen LogP contribution is 2.31. The third kappa shape index (κ3) is 3.65. The fraction of sp³-hybridized carbons (Fsp3) is 0.0769. The van der Waals surface area contributed by atoms with Crippen molar-refractivity contribution < 1.29 is 4.74 Å². The lowest BCUT2D eigenvalue weighted by Gasteiger charge is -2.09. The van der Waals surface area contributed by atoms with Crippen LogP contribution in [0.25, 0.3) is 0 Å². The molecule has 0 saturated carbocycles. The van der Waals surface area contributed by atoms with Gasteiger partial charge in [0.1, 0.15) is 10.7 Å². The van der Waals surface area contributed by atoms with E-state index < -0.39 is 0 Å². The number of rotatable bonds is 3. The Balaban J connectivity index is 2.35. The van der Waals surface area contributed by atoms with Gasteiger partial charge in [-0.1, -0.05) is 39.7 Å². The van der Waals surface area contributed by atoms with Gasteiger partial charge < -0.3 is 10.5 Å². The topological polar surface area (TPSA) is 48.1 Å². The third-order valence-corrected chi connectivity index (χ3v) is 3.35. The number of ether oxygens (including phenoxy) is 1. The van der Waals surface area contributed by atoms with Crippen molar-refractivity contribution in [3.05, 3.63) is 51.1 Å². The molecule has 0 amide bonds. The number of hydrogen-bond donors (Lipinski definition) is 1. The first-order valence-corrected chi connectivity index (χ1v) is 6.95. The summed E-state index contributed by atoms with van der Waals surface area (Å²) in [6.45, 7) is 1.85. The van der Waals surface area contributed by atoms with Crippen LogP contribution < -0.4 is 10.5 Å². The highest BCUT2D eigenvalue weighted by Gasteiger charge is 2.07. The molecule has 1 heterocycles. The summed E-state index contributed by atoms with van der Waals surface area (Å²) in [5.41, 5.74) is 7.10. The van der Waals surface area contributed by atoms with Crippen LogP contribution in [0.4, 0.5) is 0 Å². The summed E-state index contributed by atoms with van der Waals surface area (Å²) in [5.74, 6) is 0.934. The van der Waals surface area contributed by atoms with Crippen molar-refractivity contribution in [1.82, 2.24) is 4.98 Å². The molecule has 0 aliphatic heterocycles. The van der Waals surface area contributed by atoms with E-state index in [0.29, 0.717) is 27.2 Å². The van der Waals surface area contributed by atoms with Crippen molar-refractivity contribution in [1.29, 1.82) is 0 Å². The van der Waals surface area contributed by atoms with Gasteiger partial charge in [-0.2, -0.15) is 0 Å². The number of nitrogens with zero attached hydrogens (tertiary/aromatic N) is 1. The van der Waals surface area contributed by atoms with Crippen LogP contribution >= 0.6 is 39.7 Å². The molecule has 6 heteroatoms.